The highest BCUT2D eigenvalue weighted by Crippen LogP contribution is 2.30. The number of aromatic nitrogens is 2. The van der Waals surface area contributed by atoms with Crippen molar-refractivity contribution in [3.05, 3.63) is 81.8 Å². The van der Waals surface area contributed by atoms with E-state index in [2.05, 4.69) is 15.1 Å². The molecular formula is C22H21F3N4O4S. The first kappa shape index (κ1) is 25.1. The van der Waals surface area contributed by atoms with Crippen molar-refractivity contribution >= 4 is 21.6 Å². The number of hydrogen-bond acceptors (Lipinski definition) is 5. The minimum atomic E-state index is -4.58. The number of carbonyl (C=O) groups excluding carboxylic acids is 1. The lowest BCUT2D eigenvalue weighted by Gasteiger charge is -2.14. The molecule has 8 nitrogen and oxygen atoms in total. The molecule has 2 N–H and O–H groups in total. The van der Waals surface area contributed by atoms with E-state index in [-0.39, 0.29) is 28.0 Å². The number of halogens is 3. The Bertz CT molecular complexity index is 1380. The van der Waals surface area contributed by atoms with Crippen molar-refractivity contribution in [2.75, 3.05) is 5.32 Å². The number of amides is 1. The monoisotopic (exact) mass is 494 g/mol. The van der Waals surface area contributed by atoms with Crippen LogP contribution in [0.1, 0.15) is 35.6 Å². The van der Waals surface area contributed by atoms with Gasteiger partial charge in [-0.2, -0.15) is 18.3 Å². The predicted molar refractivity (Wildman–Crippen MR) is 119 cm³/mol. The van der Waals surface area contributed by atoms with E-state index in [1.807, 2.05) is 0 Å². The van der Waals surface area contributed by atoms with Crippen LogP contribution in [0, 0.1) is 6.92 Å². The molecule has 0 atom stereocenters. The molecule has 0 spiro atoms. The van der Waals surface area contributed by atoms with Gasteiger partial charge in [-0.3, -0.25) is 9.59 Å². The van der Waals surface area contributed by atoms with Crippen LogP contribution >= 0.6 is 0 Å². The van der Waals surface area contributed by atoms with Gasteiger partial charge in [0.25, 0.3) is 5.91 Å². The minimum absolute atomic E-state index is 0.0143. The van der Waals surface area contributed by atoms with Crippen LogP contribution in [-0.4, -0.2) is 30.1 Å². The second kappa shape index (κ2) is 9.39. The Kier molecular flexibility index (Phi) is 6.94. The van der Waals surface area contributed by atoms with Crippen LogP contribution in [0.25, 0.3) is 5.69 Å². The third-order valence-electron chi connectivity index (χ3n) is 4.55. The predicted octanol–water partition coefficient (Wildman–Crippen LogP) is 3.50. The van der Waals surface area contributed by atoms with Crippen molar-refractivity contribution in [2.24, 2.45) is 0 Å². The molecule has 0 saturated carbocycles. The van der Waals surface area contributed by atoms with Crippen LogP contribution in [0.15, 0.2) is 64.3 Å². The zero-order chi connectivity index (χ0) is 25.3. The summed E-state index contributed by atoms with van der Waals surface area (Å²) in [6.07, 6.45) is -4.58. The van der Waals surface area contributed by atoms with Crippen molar-refractivity contribution in [1.29, 1.82) is 0 Å². The van der Waals surface area contributed by atoms with Gasteiger partial charge in [0, 0.05) is 23.5 Å². The van der Waals surface area contributed by atoms with Gasteiger partial charge in [0.15, 0.2) is 5.69 Å². The van der Waals surface area contributed by atoms with Crippen LogP contribution in [-0.2, 0) is 16.2 Å². The maximum atomic E-state index is 13.1. The first-order valence-corrected chi connectivity index (χ1v) is 11.5. The lowest BCUT2D eigenvalue weighted by molar-refractivity contribution is -0.137. The molecule has 1 heterocycles. The van der Waals surface area contributed by atoms with Gasteiger partial charge in [0.05, 0.1) is 16.1 Å². The Morgan fingerprint density at radius 3 is 2.29 bits per heavy atom. The Balaban J connectivity index is 1.90. The summed E-state index contributed by atoms with van der Waals surface area (Å²) in [5.41, 5.74) is -1.72. The van der Waals surface area contributed by atoms with Gasteiger partial charge in [-0.1, -0.05) is 6.07 Å². The highest BCUT2D eigenvalue weighted by Gasteiger charge is 2.30. The summed E-state index contributed by atoms with van der Waals surface area (Å²) < 4.78 is 67.1. The number of aryl methyl sites for hydroxylation is 1. The van der Waals surface area contributed by atoms with E-state index in [4.69, 9.17) is 0 Å². The Hall–Kier alpha value is -3.51. The van der Waals surface area contributed by atoms with E-state index in [1.54, 1.807) is 13.8 Å². The molecule has 0 aliphatic carbocycles. The van der Waals surface area contributed by atoms with Crippen LogP contribution in [0.2, 0.25) is 0 Å². The summed E-state index contributed by atoms with van der Waals surface area (Å²) >= 11 is 0. The van der Waals surface area contributed by atoms with Crippen molar-refractivity contribution in [1.82, 2.24) is 14.5 Å². The van der Waals surface area contributed by atoms with Gasteiger partial charge in [0.2, 0.25) is 15.5 Å². The molecule has 12 heteroatoms. The largest absolute Gasteiger partial charge is 0.416 e. The molecule has 0 saturated heterocycles. The van der Waals surface area contributed by atoms with Crippen LogP contribution in [0.5, 0.6) is 0 Å². The summed E-state index contributed by atoms with van der Waals surface area (Å²) in [6, 6.07) is 10.3. The van der Waals surface area contributed by atoms with Gasteiger partial charge in [0.1, 0.15) is 0 Å². The highest BCUT2D eigenvalue weighted by atomic mass is 32.2. The molecule has 180 valence electrons. The number of alkyl halides is 3. The third-order valence-corrected chi connectivity index (χ3v) is 6.23. The molecule has 1 amide bonds. The molecule has 0 unspecified atom stereocenters. The van der Waals surface area contributed by atoms with Crippen molar-refractivity contribution in [3.8, 4) is 5.69 Å². The normalized spacial score (nSPS) is 12.1. The average molecular weight is 494 g/mol. The maximum Gasteiger partial charge on any atom is 0.416 e. The number of anilines is 1. The SMILES string of the molecule is Cc1cc(=O)c(C(=O)Nc2ccc(S(=O)(=O)NC(C)C)cc2)nn1-c1cccc(C(F)(F)F)c1. The molecule has 3 rings (SSSR count). The summed E-state index contributed by atoms with van der Waals surface area (Å²) in [5, 5.41) is 6.41. The molecule has 0 aliphatic rings. The maximum absolute atomic E-state index is 13.1. The highest BCUT2D eigenvalue weighted by molar-refractivity contribution is 7.89. The average Bonchev–Trinajstić information content (AvgIpc) is 2.72. The number of nitrogens with zero attached hydrogens (tertiary/aromatic N) is 2. The second-order valence-corrected chi connectivity index (χ2v) is 9.43. The van der Waals surface area contributed by atoms with E-state index in [0.717, 1.165) is 22.9 Å². The molecular weight excluding hydrogens is 473 g/mol. The summed E-state index contributed by atoms with van der Waals surface area (Å²) in [5.74, 6) is -0.901. The van der Waals surface area contributed by atoms with Crippen molar-refractivity contribution in [2.45, 2.75) is 37.9 Å². The smallest absolute Gasteiger partial charge is 0.320 e. The van der Waals surface area contributed by atoms with E-state index in [1.165, 1.54) is 43.3 Å². The Morgan fingerprint density at radius 1 is 1.06 bits per heavy atom. The molecule has 0 radical (unpaired) electrons. The van der Waals surface area contributed by atoms with Crippen molar-refractivity contribution in [3.63, 3.8) is 0 Å². The third kappa shape index (κ3) is 5.69. The summed E-state index contributed by atoms with van der Waals surface area (Å²) in [6.45, 7) is 4.82. The lowest BCUT2D eigenvalue weighted by Crippen LogP contribution is -2.30. The number of hydrogen-bond donors (Lipinski definition) is 2. The molecule has 34 heavy (non-hydrogen) atoms. The van der Waals surface area contributed by atoms with E-state index in [9.17, 15) is 31.2 Å². The molecule has 0 aliphatic heterocycles. The molecule has 0 bridgehead atoms. The van der Waals surface area contributed by atoms with Gasteiger partial charge in [-0.15, -0.1) is 0 Å². The van der Waals surface area contributed by atoms with E-state index in [0.29, 0.717) is 0 Å². The number of nitrogens with one attached hydrogen (secondary N) is 2. The summed E-state index contributed by atoms with van der Waals surface area (Å²) in [7, 11) is -3.73. The Labute approximate surface area is 193 Å². The minimum Gasteiger partial charge on any atom is -0.320 e. The van der Waals surface area contributed by atoms with E-state index < -0.39 is 38.8 Å². The standard InChI is InChI=1S/C22H21F3N4O4S/c1-13(2)28-34(32,33)18-9-7-16(8-10-18)26-21(31)20-19(30)11-14(3)29(27-20)17-6-4-5-15(12-17)22(23,24)25/h4-13,28H,1-3H3,(H,26,31). The molecule has 3 aromatic rings. The quantitative estimate of drug-likeness (QED) is 0.545. The van der Waals surface area contributed by atoms with Crippen LogP contribution in [0.4, 0.5) is 18.9 Å². The van der Waals surface area contributed by atoms with E-state index >= 15 is 0 Å². The topological polar surface area (TPSA) is 110 Å². The molecule has 0 fully saturated rings. The number of sulfonamides is 1. The van der Waals surface area contributed by atoms with Gasteiger partial charge < -0.3 is 5.32 Å². The van der Waals surface area contributed by atoms with Gasteiger partial charge in [-0.05, 0) is 63.2 Å². The number of carbonyl (C=O) groups is 1. The van der Waals surface area contributed by atoms with Crippen LogP contribution < -0.4 is 15.5 Å². The first-order valence-electron chi connectivity index (χ1n) is 10.0. The van der Waals surface area contributed by atoms with Crippen LogP contribution in [0.3, 0.4) is 0 Å². The Morgan fingerprint density at radius 2 is 1.71 bits per heavy atom. The fourth-order valence-electron chi connectivity index (χ4n) is 3.07. The van der Waals surface area contributed by atoms with Crippen molar-refractivity contribution < 1.29 is 26.4 Å². The fraction of sp³-hybridized carbons (Fsp3) is 0.227. The first-order chi connectivity index (χ1) is 15.8. The molecule has 1 aromatic heterocycles. The zero-order valence-electron chi connectivity index (χ0n) is 18.3. The number of rotatable bonds is 6. The van der Waals surface area contributed by atoms with Gasteiger partial charge in [-0.25, -0.2) is 17.8 Å². The summed E-state index contributed by atoms with van der Waals surface area (Å²) in [4.78, 5) is 25.0. The molecule has 2 aromatic carbocycles. The number of benzene rings is 2. The lowest BCUT2D eigenvalue weighted by atomic mass is 10.2. The fourth-order valence-corrected chi connectivity index (χ4v) is 4.32. The van der Waals surface area contributed by atoms with Gasteiger partial charge >= 0.3 is 6.18 Å². The zero-order valence-corrected chi connectivity index (χ0v) is 19.2. The second-order valence-electron chi connectivity index (χ2n) is 7.71.